The predicted octanol–water partition coefficient (Wildman–Crippen LogP) is 2.65. The Bertz CT molecular complexity index is 980. The second-order valence-electron chi connectivity index (χ2n) is 7.04. The molecule has 1 aliphatic heterocycles. The van der Waals surface area contributed by atoms with Gasteiger partial charge >= 0.3 is 0 Å². The van der Waals surface area contributed by atoms with Crippen LogP contribution in [0.5, 0.6) is 0 Å². The second-order valence-corrected chi connectivity index (χ2v) is 8.01. The van der Waals surface area contributed by atoms with E-state index in [4.69, 9.17) is 4.74 Å². The Morgan fingerprint density at radius 2 is 1.93 bits per heavy atom. The Morgan fingerprint density at radius 3 is 2.67 bits per heavy atom. The molecule has 3 heterocycles. The lowest BCUT2D eigenvalue weighted by Crippen LogP contribution is -2.26. The average molecular weight is 426 g/mol. The number of hydrogen-bond donors (Lipinski definition) is 2. The van der Waals surface area contributed by atoms with Gasteiger partial charge in [-0.2, -0.15) is 5.10 Å². The number of benzene rings is 1. The molecule has 30 heavy (non-hydrogen) atoms. The van der Waals surface area contributed by atoms with Gasteiger partial charge < -0.3 is 15.0 Å². The molecule has 2 atom stereocenters. The number of ether oxygens (including phenoxy) is 1. The molecule has 1 aliphatic rings. The van der Waals surface area contributed by atoms with Gasteiger partial charge in [-0.15, -0.1) is 15.3 Å². The molecule has 10 heteroatoms. The smallest absolute Gasteiger partial charge is 0.259 e. The highest BCUT2D eigenvalue weighted by Gasteiger charge is 2.25. The third kappa shape index (κ3) is 4.71. The number of methoxy groups -OCH3 is 1. The van der Waals surface area contributed by atoms with E-state index in [-0.39, 0.29) is 11.9 Å². The fraction of sp³-hybridized carbons (Fsp3) is 0.350. The number of carbonyl (C=O) groups excluding carboxylic acids is 1. The highest BCUT2D eigenvalue weighted by atomic mass is 32.1. The van der Waals surface area contributed by atoms with Gasteiger partial charge in [0.15, 0.2) is 11.9 Å². The minimum absolute atomic E-state index is 0.223. The van der Waals surface area contributed by atoms with Crippen LogP contribution in [0.25, 0.3) is 0 Å². The van der Waals surface area contributed by atoms with E-state index in [1.165, 1.54) is 18.4 Å². The fourth-order valence-electron chi connectivity index (χ4n) is 3.35. The number of nitrogens with one attached hydrogen (secondary N) is 2. The van der Waals surface area contributed by atoms with Crippen molar-refractivity contribution in [1.82, 2.24) is 20.4 Å². The van der Waals surface area contributed by atoms with Gasteiger partial charge in [0, 0.05) is 26.2 Å². The zero-order chi connectivity index (χ0) is 20.9. The van der Waals surface area contributed by atoms with E-state index >= 15 is 0 Å². The maximum Gasteiger partial charge on any atom is 0.259 e. The molecule has 156 valence electrons. The molecule has 1 unspecified atom stereocenters. The second kappa shape index (κ2) is 9.14. The molecule has 0 bridgehead atoms. The first kappa shape index (κ1) is 20.2. The monoisotopic (exact) mass is 425 g/mol. The minimum Gasteiger partial charge on any atom is -0.367 e. The predicted molar refractivity (Wildman–Crippen MR) is 116 cm³/mol. The van der Waals surface area contributed by atoms with Crippen LogP contribution in [0.1, 0.15) is 23.8 Å². The van der Waals surface area contributed by atoms with Crippen molar-refractivity contribution in [2.45, 2.75) is 25.5 Å². The highest BCUT2D eigenvalue weighted by Crippen LogP contribution is 2.26. The molecule has 0 aliphatic carbocycles. The molecule has 1 fully saturated rings. The highest BCUT2D eigenvalue weighted by molar-refractivity contribution is 7.19. The van der Waals surface area contributed by atoms with Crippen LogP contribution in [0, 0.1) is 6.92 Å². The van der Waals surface area contributed by atoms with Crippen LogP contribution in [0.3, 0.4) is 0 Å². The molecular formula is C20H23N7O2S. The first-order valence-electron chi connectivity index (χ1n) is 9.66. The Kier molecular flexibility index (Phi) is 6.15. The molecule has 1 saturated heterocycles. The lowest BCUT2D eigenvalue weighted by atomic mass is 10.1. The van der Waals surface area contributed by atoms with E-state index in [0.29, 0.717) is 10.3 Å². The summed E-state index contributed by atoms with van der Waals surface area (Å²) >= 11 is 1.30. The standard InChI is InChI=1S/C20H23N7O2S/c1-13-8-9-16(24-23-13)27-11-10-15(12-27)21-19-25-26-20(30-19)22-18(28)17(29-2)14-6-4-3-5-7-14/h3-9,15,17H,10-12H2,1-2H3,(H,21,25)(H,22,26,28)/t15-,17?/m1/s1. The normalized spacial score (nSPS) is 17.0. The van der Waals surface area contributed by atoms with Crippen molar-refractivity contribution in [3.63, 3.8) is 0 Å². The lowest BCUT2D eigenvalue weighted by Gasteiger charge is -2.17. The molecule has 2 aromatic heterocycles. The number of carbonyl (C=O) groups is 1. The average Bonchev–Trinajstić information content (AvgIpc) is 3.40. The number of nitrogens with zero attached hydrogens (tertiary/aromatic N) is 5. The molecular weight excluding hydrogens is 402 g/mol. The molecule has 0 spiro atoms. The van der Waals surface area contributed by atoms with Crippen LogP contribution in [-0.4, -0.2) is 52.5 Å². The fourth-order valence-corrected chi connectivity index (χ4v) is 4.07. The molecule has 0 saturated carbocycles. The quantitative estimate of drug-likeness (QED) is 0.595. The first-order chi connectivity index (χ1) is 14.6. The Labute approximate surface area is 178 Å². The van der Waals surface area contributed by atoms with Crippen LogP contribution in [0.2, 0.25) is 0 Å². The van der Waals surface area contributed by atoms with Crippen molar-refractivity contribution in [2.75, 3.05) is 35.7 Å². The van der Waals surface area contributed by atoms with Gasteiger partial charge in [-0.1, -0.05) is 41.7 Å². The summed E-state index contributed by atoms with van der Waals surface area (Å²) in [6.07, 6.45) is 0.252. The lowest BCUT2D eigenvalue weighted by molar-refractivity contribution is -0.126. The van der Waals surface area contributed by atoms with Gasteiger partial charge in [0.05, 0.1) is 5.69 Å². The van der Waals surface area contributed by atoms with E-state index in [9.17, 15) is 4.79 Å². The number of rotatable bonds is 7. The van der Waals surface area contributed by atoms with Gasteiger partial charge in [0.25, 0.3) is 5.91 Å². The molecule has 9 nitrogen and oxygen atoms in total. The number of aryl methyl sites for hydroxylation is 1. The van der Waals surface area contributed by atoms with Crippen LogP contribution in [0.15, 0.2) is 42.5 Å². The number of aromatic nitrogens is 4. The summed E-state index contributed by atoms with van der Waals surface area (Å²) in [6, 6.07) is 13.5. The molecule has 1 amide bonds. The zero-order valence-corrected chi connectivity index (χ0v) is 17.6. The van der Waals surface area contributed by atoms with Crippen molar-refractivity contribution >= 4 is 33.3 Å². The summed E-state index contributed by atoms with van der Waals surface area (Å²) in [6.45, 7) is 3.62. The van der Waals surface area contributed by atoms with Crippen LogP contribution in [-0.2, 0) is 9.53 Å². The Hall–Kier alpha value is -3.11. The topological polar surface area (TPSA) is 105 Å². The van der Waals surface area contributed by atoms with Crippen molar-refractivity contribution < 1.29 is 9.53 Å². The summed E-state index contributed by atoms with van der Waals surface area (Å²) in [5, 5.41) is 23.9. The van der Waals surface area contributed by atoms with Crippen molar-refractivity contribution in [1.29, 1.82) is 0 Å². The molecule has 0 radical (unpaired) electrons. The number of amides is 1. The molecule has 2 N–H and O–H groups in total. The van der Waals surface area contributed by atoms with E-state index in [1.54, 1.807) is 0 Å². The van der Waals surface area contributed by atoms with Crippen LogP contribution in [0.4, 0.5) is 16.1 Å². The van der Waals surface area contributed by atoms with Crippen molar-refractivity contribution in [3.8, 4) is 0 Å². The van der Waals surface area contributed by atoms with E-state index < -0.39 is 6.10 Å². The van der Waals surface area contributed by atoms with Crippen LogP contribution >= 0.6 is 11.3 Å². The van der Waals surface area contributed by atoms with Crippen molar-refractivity contribution in [2.24, 2.45) is 0 Å². The van der Waals surface area contributed by atoms with Crippen LogP contribution < -0.4 is 15.5 Å². The maximum atomic E-state index is 12.6. The van der Waals surface area contributed by atoms with Gasteiger partial charge in [-0.05, 0) is 31.0 Å². The SMILES string of the molecule is COC(C(=O)Nc1nnc(N[C@@H]2CCN(c3ccc(C)nn3)C2)s1)c1ccccc1. The summed E-state index contributed by atoms with van der Waals surface area (Å²) in [5.41, 5.74) is 1.68. The largest absolute Gasteiger partial charge is 0.367 e. The third-order valence-corrected chi connectivity index (χ3v) is 5.62. The zero-order valence-electron chi connectivity index (χ0n) is 16.8. The maximum absolute atomic E-state index is 12.6. The Balaban J connectivity index is 1.33. The molecule has 4 rings (SSSR count). The van der Waals surface area contributed by atoms with E-state index in [2.05, 4.69) is 35.9 Å². The summed E-state index contributed by atoms with van der Waals surface area (Å²) < 4.78 is 5.36. The van der Waals surface area contributed by atoms with Gasteiger partial charge in [-0.3, -0.25) is 10.1 Å². The van der Waals surface area contributed by atoms with Gasteiger partial charge in [0.2, 0.25) is 10.3 Å². The van der Waals surface area contributed by atoms with Crippen molar-refractivity contribution in [3.05, 3.63) is 53.7 Å². The van der Waals surface area contributed by atoms with E-state index in [1.807, 2.05) is 49.4 Å². The number of hydrogen-bond acceptors (Lipinski definition) is 9. The summed E-state index contributed by atoms with van der Waals surface area (Å²) in [7, 11) is 1.51. The molecule has 1 aromatic carbocycles. The summed E-state index contributed by atoms with van der Waals surface area (Å²) in [5.74, 6) is 0.595. The number of anilines is 3. The first-order valence-corrected chi connectivity index (χ1v) is 10.5. The summed E-state index contributed by atoms with van der Waals surface area (Å²) in [4.78, 5) is 14.8. The molecule has 3 aromatic rings. The minimum atomic E-state index is -0.703. The third-order valence-electron chi connectivity index (χ3n) is 4.85. The Morgan fingerprint density at radius 1 is 1.13 bits per heavy atom. The van der Waals surface area contributed by atoms with Gasteiger partial charge in [0.1, 0.15) is 0 Å². The van der Waals surface area contributed by atoms with E-state index in [0.717, 1.165) is 36.6 Å². The van der Waals surface area contributed by atoms with Gasteiger partial charge in [-0.25, -0.2) is 0 Å².